The molecule has 3 aliphatic rings. The van der Waals surface area contributed by atoms with Crippen LogP contribution in [-0.2, 0) is 16.1 Å². The van der Waals surface area contributed by atoms with E-state index >= 15 is 0 Å². The van der Waals surface area contributed by atoms with Crippen LogP contribution in [0, 0.1) is 5.41 Å². The Bertz CT molecular complexity index is 688. The lowest BCUT2D eigenvalue weighted by Gasteiger charge is -2.27. The molecule has 2 amide bonds. The molecule has 4 rings (SSSR count). The Morgan fingerprint density at radius 2 is 1.72 bits per heavy atom. The van der Waals surface area contributed by atoms with Crippen molar-refractivity contribution in [3.63, 3.8) is 0 Å². The number of piperidine rings is 1. The predicted octanol–water partition coefficient (Wildman–Crippen LogP) is 3.20. The van der Waals surface area contributed by atoms with Gasteiger partial charge in [-0.2, -0.15) is 0 Å². The van der Waals surface area contributed by atoms with Gasteiger partial charge in [0.2, 0.25) is 11.8 Å². The molecule has 1 aliphatic carbocycles. The summed E-state index contributed by atoms with van der Waals surface area (Å²) >= 11 is 0. The third-order valence-corrected chi connectivity index (χ3v) is 6.12. The number of likely N-dealkylation sites (tertiary alicyclic amines) is 1. The minimum Gasteiger partial charge on any atom is -0.508 e. The molecule has 5 nitrogen and oxygen atoms in total. The molecular weight excluding hydrogens is 316 g/mol. The molecule has 1 spiro atoms. The fourth-order valence-electron chi connectivity index (χ4n) is 4.69. The number of hydrogen-bond acceptors (Lipinski definition) is 4. The maximum atomic E-state index is 13.0. The average Bonchev–Trinajstić information content (AvgIpc) is 3.17. The highest BCUT2D eigenvalue weighted by atomic mass is 16.3. The number of carbonyl (C=O) groups is 2. The zero-order valence-electron chi connectivity index (χ0n) is 14.7. The first-order valence-corrected chi connectivity index (χ1v) is 9.51. The molecule has 2 saturated heterocycles. The monoisotopic (exact) mass is 342 g/mol. The van der Waals surface area contributed by atoms with Crippen LogP contribution in [0.2, 0.25) is 0 Å². The molecule has 134 valence electrons. The predicted molar refractivity (Wildman–Crippen MR) is 95.2 cm³/mol. The van der Waals surface area contributed by atoms with Crippen molar-refractivity contribution in [2.24, 2.45) is 5.41 Å². The van der Waals surface area contributed by atoms with Crippen LogP contribution in [0.3, 0.4) is 0 Å². The van der Waals surface area contributed by atoms with Crippen LogP contribution in [0.5, 0.6) is 5.75 Å². The first-order chi connectivity index (χ1) is 12.1. The number of amides is 2. The van der Waals surface area contributed by atoms with E-state index < -0.39 is 5.41 Å². The van der Waals surface area contributed by atoms with E-state index in [9.17, 15) is 14.7 Å². The molecule has 0 radical (unpaired) electrons. The largest absolute Gasteiger partial charge is 0.508 e. The zero-order chi connectivity index (χ0) is 17.4. The highest BCUT2D eigenvalue weighted by Gasteiger charge is 2.53. The van der Waals surface area contributed by atoms with Crippen molar-refractivity contribution in [3.05, 3.63) is 23.8 Å². The van der Waals surface area contributed by atoms with Crippen LogP contribution in [0.4, 0.5) is 5.69 Å². The number of imide groups is 1. The molecule has 1 aromatic rings. The third kappa shape index (κ3) is 2.95. The average molecular weight is 342 g/mol. The van der Waals surface area contributed by atoms with Crippen molar-refractivity contribution < 1.29 is 14.7 Å². The smallest absolute Gasteiger partial charge is 0.240 e. The molecular formula is C20H26N2O3. The molecule has 0 atom stereocenters. The zero-order valence-corrected chi connectivity index (χ0v) is 14.7. The van der Waals surface area contributed by atoms with Crippen LogP contribution in [0.25, 0.3) is 0 Å². The maximum absolute atomic E-state index is 13.0. The van der Waals surface area contributed by atoms with Crippen LogP contribution in [0.1, 0.15) is 56.9 Å². The second kappa shape index (κ2) is 6.45. The molecule has 1 saturated carbocycles. The Kier molecular flexibility index (Phi) is 4.28. The molecule has 3 fully saturated rings. The minimum absolute atomic E-state index is 0.0374. The molecule has 2 aliphatic heterocycles. The van der Waals surface area contributed by atoms with Gasteiger partial charge in [0, 0.05) is 18.5 Å². The molecule has 2 heterocycles. The quantitative estimate of drug-likeness (QED) is 0.857. The number of aromatic hydroxyl groups is 1. The van der Waals surface area contributed by atoms with Gasteiger partial charge in [-0.05, 0) is 57.0 Å². The molecule has 0 aromatic heterocycles. The lowest BCUT2D eigenvalue weighted by Crippen LogP contribution is -2.34. The van der Waals surface area contributed by atoms with Gasteiger partial charge < -0.3 is 5.11 Å². The Balaban J connectivity index is 1.59. The Morgan fingerprint density at radius 1 is 1.00 bits per heavy atom. The topological polar surface area (TPSA) is 60.9 Å². The van der Waals surface area contributed by atoms with Gasteiger partial charge in [-0.15, -0.1) is 0 Å². The summed E-state index contributed by atoms with van der Waals surface area (Å²) in [4.78, 5) is 29.2. The van der Waals surface area contributed by atoms with Crippen molar-refractivity contribution >= 4 is 17.5 Å². The number of rotatable bonds is 3. The van der Waals surface area contributed by atoms with E-state index in [1.54, 1.807) is 12.1 Å². The van der Waals surface area contributed by atoms with E-state index in [1.807, 2.05) is 6.07 Å². The first-order valence-electron chi connectivity index (χ1n) is 9.51. The summed E-state index contributed by atoms with van der Waals surface area (Å²) in [5, 5.41) is 10.2. The molecule has 25 heavy (non-hydrogen) atoms. The summed E-state index contributed by atoms with van der Waals surface area (Å²) in [5.41, 5.74) is 0.957. The summed E-state index contributed by atoms with van der Waals surface area (Å²) < 4.78 is 0. The second-order valence-electron chi connectivity index (χ2n) is 7.85. The summed E-state index contributed by atoms with van der Waals surface area (Å²) in [5.74, 6) is 0.107. The fourth-order valence-corrected chi connectivity index (χ4v) is 4.69. The summed E-state index contributed by atoms with van der Waals surface area (Å²) in [6, 6.07) is 5.14. The number of anilines is 1. The molecule has 1 aromatic carbocycles. The van der Waals surface area contributed by atoms with Crippen molar-refractivity contribution in [2.75, 3.05) is 18.0 Å². The van der Waals surface area contributed by atoms with Gasteiger partial charge in [-0.1, -0.05) is 19.3 Å². The van der Waals surface area contributed by atoms with Crippen LogP contribution >= 0.6 is 0 Å². The Hall–Kier alpha value is -1.88. The van der Waals surface area contributed by atoms with Crippen LogP contribution < -0.4 is 4.90 Å². The number of nitrogens with zero attached hydrogens (tertiary/aromatic N) is 2. The number of phenolic OH excluding ortho intramolecular Hbond substituents is 1. The SMILES string of the molecule is O=C1CC2(CCCC2)C(=O)N1c1ccc(O)c(CN2CCCCC2)c1. The van der Waals surface area contributed by atoms with Gasteiger partial charge in [0.15, 0.2) is 0 Å². The summed E-state index contributed by atoms with van der Waals surface area (Å²) in [7, 11) is 0. The van der Waals surface area contributed by atoms with Gasteiger partial charge in [0.25, 0.3) is 0 Å². The van der Waals surface area contributed by atoms with Gasteiger partial charge in [0.1, 0.15) is 5.75 Å². The molecule has 0 bridgehead atoms. The van der Waals surface area contributed by atoms with Crippen molar-refractivity contribution in [3.8, 4) is 5.75 Å². The number of hydrogen-bond donors (Lipinski definition) is 1. The normalized spacial score (nSPS) is 23.8. The molecule has 0 unspecified atom stereocenters. The van der Waals surface area contributed by atoms with Crippen molar-refractivity contribution in [1.82, 2.24) is 4.90 Å². The second-order valence-corrected chi connectivity index (χ2v) is 7.85. The number of phenols is 1. The highest BCUT2D eigenvalue weighted by Crippen LogP contribution is 2.48. The Labute approximate surface area is 148 Å². The molecule has 1 N–H and O–H groups in total. The van der Waals surface area contributed by atoms with E-state index in [1.165, 1.54) is 24.2 Å². The first kappa shape index (κ1) is 16.6. The van der Waals surface area contributed by atoms with E-state index in [4.69, 9.17) is 0 Å². The van der Waals surface area contributed by atoms with Crippen LogP contribution in [0.15, 0.2) is 18.2 Å². The standard InChI is InChI=1S/C20H26N2O3/c23-17-7-6-16(12-15(17)14-21-10-4-1-5-11-21)22-18(24)13-20(19(22)25)8-2-3-9-20/h6-7,12,23H,1-5,8-11,13-14H2. The van der Waals surface area contributed by atoms with E-state index in [-0.39, 0.29) is 17.6 Å². The van der Waals surface area contributed by atoms with E-state index in [2.05, 4.69) is 4.90 Å². The molecule has 5 heteroatoms. The lowest BCUT2D eigenvalue weighted by atomic mass is 9.84. The van der Waals surface area contributed by atoms with E-state index in [0.717, 1.165) is 44.3 Å². The van der Waals surface area contributed by atoms with Crippen LogP contribution in [-0.4, -0.2) is 34.9 Å². The van der Waals surface area contributed by atoms with Gasteiger partial charge >= 0.3 is 0 Å². The minimum atomic E-state index is -0.456. The van der Waals surface area contributed by atoms with Crippen molar-refractivity contribution in [1.29, 1.82) is 0 Å². The highest BCUT2D eigenvalue weighted by molar-refractivity contribution is 6.22. The number of benzene rings is 1. The Morgan fingerprint density at radius 3 is 2.44 bits per heavy atom. The van der Waals surface area contributed by atoms with Gasteiger partial charge in [0.05, 0.1) is 11.1 Å². The van der Waals surface area contributed by atoms with Gasteiger partial charge in [-0.3, -0.25) is 19.4 Å². The third-order valence-electron chi connectivity index (χ3n) is 6.12. The van der Waals surface area contributed by atoms with E-state index in [0.29, 0.717) is 18.7 Å². The lowest BCUT2D eigenvalue weighted by molar-refractivity contribution is -0.125. The van der Waals surface area contributed by atoms with Crippen molar-refractivity contribution in [2.45, 2.75) is 57.9 Å². The number of carbonyl (C=O) groups excluding carboxylic acids is 2. The summed E-state index contributed by atoms with van der Waals surface area (Å²) in [6.07, 6.45) is 7.69. The fraction of sp³-hybridized carbons (Fsp3) is 0.600. The maximum Gasteiger partial charge on any atom is 0.240 e. The summed E-state index contributed by atoms with van der Waals surface area (Å²) in [6.45, 7) is 2.74. The van der Waals surface area contributed by atoms with Gasteiger partial charge in [-0.25, -0.2) is 0 Å².